The first-order valence-corrected chi connectivity index (χ1v) is 11.7. The number of nitrogens with zero attached hydrogens (tertiary/aromatic N) is 3. The molecular weight excluding hydrogens is 394 g/mol. The first kappa shape index (κ1) is 20.8. The number of hydrogen-bond donors (Lipinski definition) is 0. The maximum atomic E-state index is 13.1. The molecule has 1 saturated heterocycles. The van der Waals surface area contributed by atoms with E-state index in [2.05, 4.69) is 24.5 Å². The van der Waals surface area contributed by atoms with Crippen LogP contribution < -0.4 is 4.74 Å². The topological polar surface area (TPSA) is 47.4 Å². The van der Waals surface area contributed by atoms with Gasteiger partial charge in [-0.05, 0) is 56.9 Å². The van der Waals surface area contributed by atoms with Crippen molar-refractivity contribution < 1.29 is 9.53 Å². The monoisotopic (exact) mass is 423 g/mol. The van der Waals surface area contributed by atoms with Gasteiger partial charge in [0.05, 0.1) is 17.6 Å². The lowest BCUT2D eigenvalue weighted by atomic mass is 10.0. The third-order valence-corrected chi connectivity index (χ3v) is 6.64. The molecule has 2 aromatic carbocycles. The molecule has 0 unspecified atom stereocenters. The Hall–Kier alpha value is -2.47. The van der Waals surface area contributed by atoms with E-state index in [4.69, 9.17) is 9.72 Å². The summed E-state index contributed by atoms with van der Waals surface area (Å²) < 4.78 is 8.00. The summed E-state index contributed by atoms with van der Waals surface area (Å²) in [6, 6.07) is 16.4. The summed E-state index contributed by atoms with van der Waals surface area (Å²) in [5.74, 6) is 1.87. The number of carbonyl (C=O) groups excluding carboxylic acids is 1. The third-order valence-electron chi connectivity index (χ3n) is 5.70. The fraction of sp³-hybridized carbons (Fsp3) is 0.417. The van der Waals surface area contributed by atoms with E-state index in [9.17, 15) is 4.79 Å². The number of aryl methyl sites for hydroxylation is 1. The van der Waals surface area contributed by atoms with Gasteiger partial charge in [-0.25, -0.2) is 4.98 Å². The van der Waals surface area contributed by atoms with Gasteiger partial charge in [-0.3, -0.25) is 4.79 Å². The number of ether oxygens (including phenoxy) is 1. The van der Waals surface area contributed by atoms with Crippen molar-refractivity contribution >= 4 is 28.7 Å². The second-order valence-electron chi connectivity index (χ2n) is 7.86. The van der Waals surface area contributed by atoms with E-state index in [1.165, 1.54) is 6.42 Å². The number of piperidine rings is 1. The Labute approximate surface area is 182 Å². The first-order valence-electron chi connectivity index (χ1n) is 10.7. The predicted octanol–water partition coefficient (Wildman–Crippen LogP) is 4.92. The van der Waals surface area contributed by atoms with Crippen molar-refractivity contribution in [3.8, 4) is 5.75 Å². The van der Waals surface area contributed by atoms with Crippen LogP contribution in [0, 0.1) is 6.92 Å². The highest BCUT2D eigenvalue weighted by atomic mass is 32.2. The summed E-state index contributed by atoms with van der Waals surface area (Å²) >= 11 is 1.64. The summed E-state index contributed by atoms with van der Waals surface area (Å²) in [4.78, 5) is 19.9. The average Bonchev–Trinajstić information content (AvgIpc) is 3.10. The largest absolute Gasteiger partial charge is 0.492 e. The quantitative estimate of drug-likeness (QED) is 0.400. The number of likely N-dealkylation sites (tertiary alicyclic amines) is 1. The first-order chi connectivity index (χ1) is 14.6. The van der Waals surface area contributed by atoms with Crippen LogP contribution in [0.2, 0.25) is 0 Å². The molecule has 6 heteroatoms. The predicted molar refractivity (Wildman–Crippen MR) is 122 cm³/mol. The Balaban J connectivity index is 1.46. The molecule has 0 radical (unpaired) electrons. The van der Waals surface area contributed by atoms with Gasteiger partial charge in [0.25, 0.3) is 0 Å². The van der Waals surface area contributed by atoms with Gasteiger partial charge in [-0.15, -0.1) is 0 Å². The molecule has 1 aliphatic heterocycles. The molecule has 0 bridgehead atoms. The number of carbonyl (C=O) groups is 1. The van der Waals surface area contributed by atoms with Crippen LogP contribution >= 0.6 is 11.8 Å². The number of rotatable bonds is 7. The Morgan fingerprint density at radius 2 is 1.97 bits per heavy atom. The number of para-hydroxylation sites is 3. The standard InChI is InChI=1S/C24H29N3O2S/c1-18-9-3-6-13-22(18)29-15-16-30-24-25-20-11-4-5-12-21(20)27(24)17-23(28)26-14-8-7-10-19(26)2/h3-6,9,11-13,19H,7-8,10,14-17H2,1-2H3/t19-/m1/s1. The van der Waals surface area contributed by atoms with Crippen LogP contribution in [0.25, 0.3) is 11.0 Å². The molecule has 5 nitrogen and oxygen atoms in total. The van der Waals surface area contributed by atoms with Crippen LogP contribution in [0.15, 0.2) is 53.7 Å². The van der Waals surface area contributed by atoms with Crippen LogP contribution in [0.1, 0.15) is 31.7 Å². The van der Waals surface area contributed by atoms with Gasteiger partial charge in [0.15, 0.2) is 5.16 Å². The van der Waals surface area contributed by atoms with E-state index in [-0.39, 0.29) is 5.91 Å². The lowest BCUT2D eigenvalue weighted by molar-refractivity contribution is -0.135. The zero-order valence-corrected chi connectivity index (χ0v) is 18.5. The molecule has 0 aliphatic carbocycles. The molecule has 1 aromatic heterocycles. The molecule has 3 aromatic rings. The number of imidazole rings is 1. The van der Waals surface area contributed by atoms with Gasteiger partial charge < -0.3 is 14.2 Å². The normalized spacial score (nSPS) is 16.7. The van der Waals surface area contributed by atoms with Crippen molar-refractivity contribution in [2.45, 2.75) is 50.9 Å². The lowest BCUT2D eigenvalue weighted by Crippen LogP contribution is -2.43. The minimum atomic E-state index is 0.184. The molecule has 158 valence electrons. The SMILES string of the molecule is Cc1ccccc1OCCSc1nc2ccccc2n1CC(=O)N1CCCC[C@H]1C. The number of amides is 1. The zero-order valence-electron chi connectivity index (χ0n) is 17.7. The van der Waals surface area contributed by atoms with Crippen LogP contribution in [-0.4, -0.2) is 45.3 Å². The van der Waals surface area contributed by atoms with Crippen LogP contribution in [0.4, 0.5) is 0 Å². The molecule has 1 aliphatic rings. The van der Waals surface area contributed by atoms with E-state index < -0.39 is 0 Å². The molecule has 0 saturated carbocycles. The second-order valence-corrected chi connectivity index (χ2v) is 8.93. The molecule has 1 atom stereocenters. The van der Waals surface area contributed by atoms with Gasteiger partial charge in [-0.1, -0.05) is 42.1 Å². The van der Waals surface area contributed by atoms with Crippen molar-refractivity contribution in [3.63, 3.8) is 0 Å². The molecule has 30 heavy (non-hydrogen) atoms. The Morgan fingerprint density at radius 3 is 2.80 bits per heavy atom. The minimum absolute atomic E-state index is 0.184. The van der Waals surface area contributed by atoms with E-state index in [0.717, 1.165) is 52.6 Å². The van der Waals surface area contributed by atoms with E-state index >= 15 is 0 Å². The number of fused-ring (bicyclic) bond motifs is 1. The fourth-order valence-corrected chi connectivity index (χ4v) is 4.84. The zero-order chi connectivity index (χ0) is 20.9. The minimum Gasteiger partial charge on any atom is -0.492 e. The van der Waals surface area contributed by atoms with Crippen LogP contribution in [0.5, 0.6) is 5.75 Å². The van der Waals surface area contributed by atoms with E-state index in [1.807, 2.05) is 47.4 Å². The average molecular weight is 424 g/mol. The van der Waals surface area contributed by atoms with Gasteiger partial charge in [0, 0.05) is 18.3 Å². The van der Waals surface area contributed by atoms with Crippen molar-refractivity contribution in [2.75, 3.05) is 18.9 Å². The van der Waals surface area contributed by atoms with Crippen molar-refractivity contribution in [1.29, 1.82) is 0 Å². The maximum absolute atomic E-state index is 13.1. The van der Waals surface area contributed by atoms with E-state index in [0.29, 0.717) is 19.2 Å². The highest BCUT2D eigenvalue weighted by Gasteiger charge is 2.24. The summed E-state index contributed by atoms with van der Waals surface area (Å²) in [7, 11) is 0. The summed E-state index contributed by atoms with van der Waals surface area (Å²) in [5, 5.41) is 0.877. The van der Waals surface area contributed by atoms with Crippen molar-refractivity contribution in [2.24, 2.45) is 0 Å². The van der Waals surface area contributed by atoms with Gasteiger partial charge in [0.2, 0.25) is 5.91 Å². The Morgan fingerprint density at radius 1 is 1.17 bits per heavy atom. The molecule has 0 N–H and O–H groups in total. The number of thioether (sulfide) groups is 1. The maximum Gasteiger partial charge on any atom is 0.242 e. The van der Waals surface area contributed by atoms with E-state index in [1.54, 1.807) is 11.8 Å². The van der Waals surface area contributed by atoms with Crippen molar-refractivity contribution in [3.05, 3.63) is 54.1 Å². The molecular formula is C24H29N3O2S. The molecule has 2 heterocycles. The van der Waals surface area contributed by atoms with Gasteiger partial charge in [0.1, 0.15) is 12.3 Å². The lowest BCUT2D eigenvalue weighted by Gasteiger charge is -2.33. The molecule has 4 rings (SSSR count). The summed E-state index contributed by atoms with van der Waals surface area (Å²) in [6.07, 6.45) is 3.40. The Kier molecular flexibility index (Phi) is 6.62. The van der Waals surface area contributed by atoms with Crippen LogP contribution in [-0.2, 0) is 11.3 Å². The van der Waals surface area contributed by atoms with Crippen molar-refractivity contribution in [1.82, 2.24) is 14.5 Å². The summed E-state index contributed by atoms with van der Waals surface area (Å²) in [5.41, 5.74) is 3.08. The molecule has 0 spiro atoms. The number of aromatic nitrogens is 2. The Bertz CT molecular complexity index is 1020. The highest BCUT2D eigenvalue weighted by molar-refractivity contribution is 7.99. The molecule has 1 fully saturated rings. The second kappa shape index (κ2) is 9.56. The van der Waals surface area contributed by atoms with Crippen LogP contribution in [0.3, 0.4) is 0 Å². The number of benzene rings is 2. The highest BCUT2D eigenvalue weighted by Crippen LogP contribution is 2.26. The number of hydrogen-bond acceptors (Lipinski definition) is 4. The fourth-order valence-electron chi connectivity index (χ4n) is 4.01. The molecule has 1 amide bonds. The van der Waals surface area contributed by atoms with Gasteiger partial charge >= 0.3 is 0 Å². The smallest absolute Gasteiger partial charge is 0.242 e. The third kappa shape index (κ3) is 4.64. The van der Waals surface area contributed by atoms with Gasteiger partial charge in [-0.2, -0.15) is 0 Å². The summed E-state index contributed by atoms with van der Waals surface area (Å²) in [6.45, 7) is 6.00.